The fraction of sp³-hybridized carbons (Fsp3) is 0.933. The van der Waals surface area contributed by atoms with Crippen molar-refractivity contribution in [2.24, 2.45) is 11.7 Å². The lowest BCUT2D eigenvalue weighted by Crippen LogP contribution is -2.55. The third-order valence-electron chi connectivity index (χ3n) is 4.48. The largest absolute Gasteiger partial charge is 0.379 e. The van der Waals surface area contributed by atoms with Crippen LogP contribution >= 0.6 is 0 Å². The van der Waals surface area contributed by atoms with Gasteiger partial charge < -0.3 is 15.8 Å². The lowest BCUT2D eigenvalue weighted by molar-refractivity contribution is -0.127. The Kier molecular flexibility index (Phi) is 5.81. The van der Waals surface area contributed by atoms with E-state index in [1.54, 1.807) is 0 Å². The number of nitrogens with zero attached hydrogens (tertiary/aromatic N) is 1. The molecule has 5 heteroatoms. The SMILES string of the molecule is CC(CNC(=O)C1(N)CCCCC1)CN1CCOCC1. The third-order valence-corrected chi connectivity index (χ3v) is 4.48. The summed E-state index contributed by atoms with van der Waals surface area (Å²) < 4.78 is 5.34. The molecule has 1 aliphatic carbocycles. The summed E-state index contributed by atoms with van der Waals surface area (Å²) in [6, 6.07) is 0. The van der Waals surface area contributed by atoms with Gasteiger partial charge in [0.2, 0.25) is 5.91 Å². The van der Waals surface area contributed by atoms with Crippen molar-refractivity contribution in [3.05, 3.63) is 0 Å². The van der Waals surface area contributed by atoms with Gasteiger partial charge in [0.05, 0.1) is 18.8 Å². The molecule has 0 aromatic rings. The first-order valence-corrected chi connectivity index (χ1v) is 7.97. The van der Waals surface area contributed by atoms with E-state index in [1.165, 1.54) is 6.42 Å². The number of morpholine rings is 1. The third kappa shape index (κ3) is 4.43. The van der Waals surface area contributed by atoms with Gasteiger partial charge in [-0.15, -0.1) is 0 Å². The van der Waals surface area contributed by atoms with E-state index in [0.717, 1.165) is 65.1 Å². The molecule has 2 rings (SSSR count). The maximum Gasteiger partial charge on any atom is 0.240 e. The molecule has 2 aliphatic rings. The number of hydrogen-bond acceptors (Lipinski definition) is 4. The number of amides is 1. The number of nitrogens with one attached hydrogen (secondary N) is 1. The zero-order valence-electron chi connectivity index (χ0n) is 12.7. The Morgan fingerprint density at radius 2 is 1.95 bits per heavy atom. The number of carbonyl (C=O) groups excluding carboxylic acids is 1. The highest BCUT2D eigenvalue weighted by molar-refractivity contribution is 5.86. The number of rotatable bonds is 5. The molecule has 2 fully saturated rings. The van der Waals surface area contributed by atoms with Gasteiger partial charge in [0.15, 0.2) is 0 Å². The molecular formula is C15H29N3O2. The van der Waals surface area contributed by atoms with E-state index in [1.807, 2.05) is 0 Å². The Balaban J connectivity index is 1.69. The van der Waals surface area contributed by atoms with E-state index in [9.17, 15) is 4.79 Å². The minimum Gasteiger partial charge on any atom is -0.379 e. The van der Waals surface area contributed by atoms with Crippen molar-refractivity contribution in [2.45, 2.75) is 44.6 Å². The normalized spacial score (nSPS) is 25.1. The number of ether oxygens (including phenoxy) is 1. The standard InChI is InChI=1S/C15H29N3O2/c1-13(12-18-7-9-20-10-8-18)11-17-14(19)15(16)5-3-2-4-6-15/h13H,2-12,16H2,1H3,(H,17,19). The highest BCUT2D eigenvalue weighted by Gasteiger charge is 2.35. The van der Waals surface area contributed by atoms with Gasteiger partial charge in [-0.1, -0.05) is 26.2 Å². The van der Waals surface area contributed by atoms with E-state index < -0.39 is 5.54 Å². The Hall–Kier alpha value is -0.650. The molecule has 1 unspecified atom stereocenters. The molecule has 1 heterocycles. The molecule has 0 aromatic heterocycles. The van der Waals surface area contributed by atoms with Crippen LogP contribution in [0.4, 0.5) is 0 Å². The van der Waals surface area contributed by atoms with Crippen LogP contribution in [-0.2, 0) is 9.53 Å². The van der Waals surface area contributed by atoms with Gasteiger partial charge in [0.25, 0.3) is 0 Å². The highest BCUT2D eigenvalue weighted by Crippen LogP contribution is 2.25. The summed E-state index contributed by atoms with van der Waals surface area (Å²) in [5.41, 5.74) is 5.62. The van der Waals surface area contributed by atoms with Crippen molar-refractivity contribution < 1.29 is 9.53 Å². The monoisotopic (exact) mass is 283 g/mol. The second-order valence-corrected chi connectivity index (χ2v) is 6.44. The molecule has 3 N–H and O–H groups in total. The summed E-state index contributed by atoms with van der Waals surface area (Å²) in [6.45, 7) is 7.56. The van der Waals surface area contributed by atoms with Gasteiger partial charge in [0.1, 0.15) is 0 Å². The first-order chi connectivity index (χ1) is 9.60. The van der Waals surface area contributed by atoms with Gasteiger partial charge in [-0.2, -0.15) is 0 Å². The minimum atomic E-state index is -0.614. The second-order valence-electron chi connectivity index (χ2n) is 6.44. The van der Waals surface area contributed by atoms with Crippen LogP contribution in [0.2, 0.25) is 0 Å². The summed E-state index contributed by atoms with van der Waals surface area (Å²) in [4.78, 5) is 14.6. The Labute approximate surface area is 122 Å². The fourth-order valence-corrected chi connectivity index (χ4v) is 3.14. The van der Waals surface area contributed by atoms with Crippen molar-refractivity contribution in [3.8, 4) is 0 Å². The summed E-state index contributed by atoms with van der Waals surface area (Å²) in [7, 11) is 0. The molecule has 1 saturated heterocycles. The number of hydrogen-bond donors (Lipinski definition) is 2. The predicted octanol–water partition coefficient (Wildman–Crippen LogP) is 0.732. The van der Waals surface area contributed by atoms with Gasteiger partial charge in [-0.3, -0.25) is 9.69 Å². The first-order valence-electron chi connectivity index (χ1n) is 7.97. The smallest absolute Gasteiger partial charge is 0.240 e. The molecule has 0 bridgehead atoms. The molecule has 116 valence electrons. The van der Waals surface area contributed by atoms with Crippen LogP contribution in [-0.4, -0.2) is 55.7 Å². The van der Waals surface area contributed by atoms with E-state index in [-0.39, 0.29) is 5.91 Å². The Morgan fingerprint density at radius 3 is 2.60 bits per heavy atom. The van der Waals surface area contributed by atoms with Crippen molar-refractivity contribution >= 4 is 5.91 Å². The molecule has 20 heavy (non-hydrogen) atoms. The molecule has 1 aliphatic heterocycles. The number of carbonyl (C=O) groups is 1. The van der Waals surface area contributed by atoms with Gasteiger partial charge in [-0.05, 0) is 18.8 Å². The van der Waals surface area contributed by atoms with Crippen molar-refractivity contribution in [3.63, 3.8) is 0 Å². The average Bonchev–Trinajstić information content (AvgIpc) is 2.46. The van der Waals surface area contributed by atoms with Crippen molar-refractivity contribution in [1.82, 2.24) is 10.2 Å². The van der Waals surface area contributed by atoms with Gasteiger partial charge in [-0.25, -0.2) is 0 Å². The summed E-state index contributed by atoms with van der Waals surface area (Å²) in [6.07, 6.45) is 5.02. The van der Waals surface area contributed by atoms with E-state index in [4.69, 9.17) is 10.5 Å². The highest BCUT2D eigenvalue weighted by atomic mass is 16.5. The lowest BCUT2D eigenvalue weighted by atomic mass is 9.82. The lowest BCUT2D eigenvalue weighted by Gasteiger charge is -2.33. The average molecular weight is 283 g/mol. The van der Waals surface area contributed by atoms with Crippen LogP contribution < -0.4 is 11.1 Å². The van der Waals surface area contributed by atoms with Crippen LogP contribution in [0.1, 0.15) is 39.0 Å². The summed E-state index contributed by atoms with van der Waals surface area (Å²) >= 11 is 0. The van der Waals surface area contributed by atoms with Crippen LogP contribution in [0.15, 0.2) is 0 Å². The van der Waals surface area contributed by atoms with Crippen molar-refractivity contribution in [1.29, 1.82) is 0 Å². The molecule has 1 atom stereocenters. The molecule has 0 radical (unpaired) electrons. The van der Waals surface area contributed by atoms with Crippen LogP contribution in [0, 0.1) is 5.92 Å². The zero-order chi connectivity index (χ0) is 14.4. The second kappa shape index (κ2) is 7.38. The van der Waals surface area contributed by atoms with Crippen LogP contribution in [0.25, 0.3) is 0 Å². The number of nitrogens with two attached hydrogens (primary N) is 1. The van der Waals surface area contributed by atoms with Gasteiger partial charge in [0, 0.05) is 26.2 Å². The predicted molar refractivity (Wildman–Crippen MR) is 79.4 cm³/mol. The van der Waals surface area contributed by atoms with Crippen molar-refractivity contribution in [2.75, 3.05) is 39.4 Å². The summed E-state index contributed by atoms with van der Waals surface area (Å²) in [5.74, 6) is 0.496. The quantitative estimate of drug-likeness (QED) is 0.780. The van der Waals surface area contributed by atoms with E-state index >= 15 is 0 Å². The first kappa shape index (κ1) is 15.7. The van der Waals surface area contributed by atoms with E-state index in [0.29, 0.717) is 5.92 Å². The maximum atomic E-state index is 12.2. The van der Waals surface area contributed by atoms with Crippen LogP contribution in [0.5, 0.6) is 0 Å². The van der Waals surface area contributed by atoms with Gasteiger partial charge >= 0.3 is 0 Å². The Morgan fingerprint density at radius 1 is 1.30 bits per heavy atom. The zero-order valence-corrected chi connectivity index (χ0v) is 12.7. The fourth-order valence-electron chi connectivity index (χ4n) is 3.14. The molecule has 0 aromatic carbocycles. The molecule has 0 spiro atoms. The van der Waals surface area contributed by atoms with E-state index in [2.05, 4.69) is 17.1 Å². The van der Waals surface area contributed by atoms with Crippen LogP contribution in [0.3, 0.4) is 0 Å². The molecule has 1 saturated carbocycles. The molecule has 5 nitrogen and oxygen atoms in total. The topological polar surface area (TPSA) is 67.6 Å². The maximum absolute atomic E-state index is 12.2. The minimum absolute atomic E-state index is 0.0472. The Bertz CT molecular complexity index is 310. The summed E-state index contributed by atoms with van der Waals surface area (Å²) in [5, 5.41) is 3.06. The molecule has 1 amide bonds. The molecular weight excluding hydrogens is 254 g/mol.